The summed E-state index contributed by atoms with van der Waals surface area (Å²) in [5.41, 5.74) is 10.9. The molecule has 3 N–H and O–H groups in total. The largest absolute Gasteiger partial charge is 0.393 e. The van der Waals surface area contributed by atoms with Crippen molar-refractivity contribution in [1.29, 1.82) is 0 Å². The number of aryl methyl sites for hydroxylation is 1. The first-order valence-corrected chi connectivity index (χ1v) is 8.86. The van der Waals surface area contributed by atoms with Crippen molar-refractivity contribution in [2.24, 2.45) is 0 Å². The number of nitrogen functional groups attached to an aromatic ring is 1. The van der Waals surface area contributed by atoms with Crippen LogP contribution in [0, 0.1) is 13.8 Å². The molecule has 0 atom stereocenters. The standard InChI is InChI=1S/C20H22ClN5/c1-4-26(15-8-5-7-13(2)11-15)20-18(22)19(23-12-24-20)25-17-10-6-9-16(21)14(17)3/h5-12H,4,22H2,1-3H3,(H,23,24,25). The Morgan fingerprint density at radius 3 is 2.62 bits per heavy atom. The molecular weight excluding hydrogens is 346 g/mol. The van der Waals surface area contributed by atoms with Gasteiger partial charge in [0, 0.05) is 22.9 Å². The number of halogens is 1. The summed E-state index contributed by atoms with van der Waals surface area (Å²) in [5.74, 6) is 1.24. The van der Waals surface area contributed by atoms with Crippen LogP contribution < -0.4 is 16.0 Å². The van der Waals surface area contributed by atoms with Gasteiger partial charge in [-0.2, -0.15) is 0 Å². The molecular formula is C20H22ClN5. The van der Waals surface area contributed by atoms with E-state index in [1.165, 1.54) is 11.9 Å². The van der Waals surface area contributed by atoms with Gasteiger partial charge in [0.25, 0.3) is 0 Å². The molecule has 0 radical (unpaired) electrons. The lowest BCUT2D eigenvalue weighted by Crippen LogP contribution is -2.20. The van der Waals surface area contributed by atoms with E-state index in [-0.39, 0.29) is 0 Å². The third-order valence-electron chi connectivity index (χ3n) is 4.27. The van der Waals surface area contributed by atoms with Crippen LogP contribution in [0.5, 0.6) is 0 Å². The maximum atomic E-state index is 6.41. The number of nitrogens with one attached hydrogen (secondary N) is 1. The Kier molecular flexibility index (Phi) is 5.28. The van der Waals surface area contributed by atoms with Crippen LogP contribution in [0.25, 0.3) is 0 Å². The molecule has 0 saturated heterocycles. The van der Waals surface area contributed by atoms with Crippen molar-refractivity contribution in [2.45, 2.75) is 20.8 Å². The predicted octanol–water partition coefficient (Wildman–Crippen LogP) is 5.23. The van der Waals surface area contributed by atoms with E-state index < -0.39 is 0 Å². The van der Waals surface area contributed by atoms with E-state index in [1.54, 1.807) is 0 Å². The van der Waals surface area contributed by atoms with Gasteiger partial charge in [-0.05, 0) is 56.2 Å². The Morgan fingerprint density at radius 2 is 1.88 bits per heavy atom. The summed E-state index contributed by atoms with van der Waals surface area (Å²) < 4.78 is 0. The zero-order chi connectivity index (χ0) is 18.7. The maximum Gasteiger partial charge on any atom is 0.161 e. The van der Waals surface area contributed by atoms with Crippen LogP contribution in [0.4, 0.5) is 28.7 Å². The Balaban J connectivity index is 1.99. The fourth-order valence-electron chi connectivity index (χ4n) is 2.82. The molecule has 0 aliphatic carbocycles. The third-order valence-corrected chi connectivity index (χ3v) is 4.68. The molecule has 2 aromatic carbocycles. The normalized spacial score (nSPS) is 10.6. The number of aromatic nitrogens is 2. The van der Waals surface area contributed by atoms with Crippen LogP contribution >= 0.6 is 11.6 Å². The Morgan fingerprint density at radius 1 is 1.12 bits per heavy atom. The monoisotopic (exact) mass is 367 g/mol. The smallest absolute Gasteiger partial charge is 0.161 e. The zero-order valence-electron chi connectivity index (χ0n) is 15.1. The van der Waals surface area contributed by atoms with Gasteiger partial charge in [-0.3, -0.25) is 0 Å². The van der Waals surface area contributed by atoms with Crippen molar-refractivity contribution in [3.8, 4) is 0 Å². The van der Waals surface area contributed by atoms with Crippen molar-refractivity contribution >= 4 is 40.3 Å². The van der Waals surface area contributed by atoms with Gasteiger partial charge in [-0.1, -0.05) is 29.8 Å². The highest BCUT2D eigenvalue weighted by atomic mass is 35.5. The molecule has 0 amide bonds. The molecule has 0 saturated carbocycles. The highest BCUT2D eigenvalue weighted by Crippen LogP contribution is 2.34. The number of hydrogen-bond donors (Lipinski definition) is 2. The molecule has 0 aliphatic rings. The number of nitrogens with zero attached hydrogens (tertiary/aromatic N) is 3. The fraction of sp³-hybridized carbons (Fsp3) is 0.200. The van der Waals surface area contributed by atoms with Crippen LogP contribution in [0.3, 0.4) is 0 Å². The van der Waals surface area contributed by atoms with E-state index in [0.29, 0.717) is 22.3 Å². The first kappa shape index (κ1) is 18.0. The zero-order valence-corrected chi connectivity index (χ0v) is 15.9. The lowest BCUT2D eigenvalue weighted by Gasteiger charge is -2.24. The molecule has 0 bridgehead atoms. The molecule has 134 valence electrons. The summed E-state index contributed by atoms with van der Waals surface area (Å²) in [6.45, 7) is 6.82. The number of hydrogen-bond acceptors (Lipinski definition) is 5. The van der Waals surface area contributed by atoms with Gasteiger partial charge >= 0.3 is 0 Å². The molecule has 5 nitrogen and oxygen atoms in total. The summed E-state index contributed by atoms with van der Waals surface area (Å²) in [6, 6.07) is 13.9. The van der Waals surface area contributed by atoms with E-state index in [4.69, 9.17) is 17.3 Å². The highest BCUT2D eigenvalue weighted by molar-refractivity contribution is 6.31. The maximum absolute atomic E-state index is 6.41. The highest BCUT2D eigenvalue weighted by Gasteiger charge is 2.16. The number of benzene rings is 2. The van der Waals surface area contributed by atoms with Gasteiger partial charge in [0.1, 0.15) is 12.0 Å². The minimum Gasteiger partial charge on any atom is -0.393 e. The molecule has 26 heavy (non-hydrogen) atoms. The van der Waals surface area contributed by atoms with E-state index >= 15 is 0 Å². The molecule has 3 aromatic rings. The third kappa shape index (κ3) is 3.58. The van der Waals surface area contributed by atoms with Crippen LogP contribution in [-0.2, 0) is 0 Å². The van der Waals surface area contributed by atoms with Crippen LogP contribution in [0.15, 0.2) is 48.8 Å². The van der Waals surface area contributed by atoms with Gasteiger partial charge in [-0.25, -0.2) is 9.97 Å². The molecule has 0 unspecified atom stereocenters. The van der Waals surface area contributed by atoms with Crippen LogP contribution in [0.1, 0.15) is 18.1 Å². The summed E-state index contributed by atoms with van der Waals surface area (Å²) >= 11 is 6.21. The lowest BCUT2D eigenvalue weighted by molar-refractivity contribution is 0.979. The van der Waals surface area contributed by atoms with Crippen LogP contribution in [-0.4, -0.2) is 16.5 Å². The van der Waals surface area contributed by atoms with Gasteiger partial charge in [-0.15, -0.1) is 0 Å². The summed E-state index contributed by atoms with van der Waals surface area (Å²) in [4.78, 5) is 10.8. The second kappa shape index (κ2) is 7.62. The van der Waals surface area contributed by atoms with Gasteiger partial charge in [0.05, 0.1) is 0 Å². The number of anilines is 5. The fourth-order valence-corrected chi connectivity index (χ4v) is 3.00. The Labute approximate surface area is 158 Å². The Bertz CT molecular complexity index is 926. The second-order valence-electron chi connectivity index (χ2n) is 6.08. The second-order valence-corrected chi connectivity index (χ2v) is 6.49. The minimum absolute atomic E-state index is 0.496. The topological polar surface area (TPSA) is 67.1 Å². The van der Waals surface area contributed by atoms with Crippen LogP contribution in [0.2, 0.25) is 5.02 Å². The quantitative estimate of drug-likeness (QED) is 0.646. The predicted molar refractivity (Wildman–Crippen MR) is 110 cm³/mol. The molecule has 1 aromatic heterocycles. The molecule has 0 spiro atoms. The van der Waals surface area contributed by atoms with Gasteiger partial charge in [0.15, 0.2) is 11.6 Å². The van der Waals surface area contributed by atoms with Crippen molar-refractivity contribution in [3.05, 3.63) is 64.9 Å². The summed E-state index contributed by atoms with van der Waals surface area (Å²) in [6.07, 6.45) is 1.52. The van der Waals surface area contributed by atoms with Crippen molar-refractivity contribution in [1.82, 2.24) is 9.97 Å². The van der Waals surface area contributed by atoms with Crippen molar-refractivity contribution < 1.29 is 0 Å². The van der Waals surface area contributed by atoms with E-state index in [1.807, 2.05) is 37.3 Å². The summed E-state index contributed by atoms with van der Waals surface area (Å²) in [5, 5.41) is 3.97. The van der Waals surface area contributed by atoms with Gasteiger partial charge < -0.3 is 16.0 Å². The minimum atomic E-state index is 0.496. The first-order chi connectivity index (χ1) is 12.5. The Hall–Kier alpha value is -2.79. The molecule has 3 rings (SSSR count). The molecule has 0 aliphatic heterocycles. The van der Waals surface area contributed by atoms with Gasteiger partial charge in [0.2, 0.25) is 0 Å². The van der Waals surface area contributed by atoms with E-state index in [0.717, 1.165) is 23.5 Å². The lowest BCUT2D eigenvalue weighted by atomic mass is 10.2. The number of nitrogens with two attached hydrogens (primary N) is 1. The van der Waals surface area contributed by atoms with E-state index in [9.17, 15) is 0 Å². The number of rotatable bonds is 5. The first-order valence-electron chi connectivity index (χ1n) is 8.48. The molecule has 6 heteroatoms. The molecule has 0 fully saturated rings. The average Bonchev–Trinajstić information content (AvgIpc) is 2.62. The average molecular weight is 368 g/mol. The van der Waals surface area contributed by atoms with Crippen molar-refractivity contribution in [3.63, 3.8) is 0 Å². The molecule has 1 heterocycles. The SMILES string of the molecule is CCN(c1cccc(C)c1)c1ncnc(Nc2cccc(Cl)c2C)c1N. The summed E-state index contributed by atoms with van der Waals surface area (Å²) in [7, 11) is 0. The van der Waals surface area contributed by atoms with Crippen molar-refractivity contribution in [2.75, 3.05) is 22.5 Å². The van der Waals surface area contributed by atoms with E-state index in [2.05, 4.69) is 46.2 Å².